The van der Waals surface area contributed by atoms with Crippen molar-refractivity contribution in [2.24, 2.45) is 16.0 Å². The van der Waals surface area contributed by atoms with Gasteiger partial charge in [0.25, 0.3) is 6.02 Å². The minimum Gasteiger partial charge on any atom is -0.464 e. The van der Waals surface area contributed by atoms with Crippen molar-refractivity contribution in [3.05, 3.63) is 0 Å². The lowest BCUT2D eigenvalue weighted by molar-refractivity contribution is 0.241. The summed E-state index contributed by atoms with van der Waals surface area (Å²) < 4.78 is 33.0. The second-order valence-corrected chi connectivity index (χ2v) is 7.35. The van der Waals surface area contributed by atoms with E-state index in [-0.39, 0.29) is 12.5 Å². The van der Waals surface area contributed by atoms with Crippen molar-refractivity contribution in [2.75, 3.05) is 13.2 Å². The van der Waals surface area contributed by atoms with Crippen LogP contribution in [0.15, 0.2) is 4.40 Å². The number of halogens is 3. The highest BCUT2D eigenvalue weighted by Crippen LogP contribution is 2.26. The molecule has 108 valence electrons. The first-order chi connectivity index (χ1) is 8.06. The molecule has 1 atom stereocenters. The van der Waals surface area contributed by atoms with Crippen LogP contribution in [0.25, 0.3) is 0 Å². The van der Waals surface area contributed by atoms with E-state index >= 15 is 0 Å². The summed E-state index contributed by atoms with van der Waals surface area (Å²) in [5.41, 5.74) is 5.27. The monoisotopic (exact) mass is 340 g/mol. The van der Waals surface area contributed by atoms with Crippen LogP contribution in [0.2, 0.25) is 0 Å². The van der Waals surface area contributed by atoms with Crippen molar-refractivity contribution in [3.8, 4) is 0 Å². The molecule has 0 spiro atoms. The summed E-state index contributed by atoms with van der Waals surface area (Å²) in [4.78, 5) is 0. The summed E-state index contributed by atoms with van der Waals surface area (Å²) in [6.45, 7) is 3.47. The molecule has 2 N–H and O–H groups in total. The molecule has 18 heavy (non-hydrogen) atoms. The number of amidine groups is 1. The van der Waals surface area contributed by atoms with Crippen LogP contribution in [-0.2, 0) is 19.2 Å². The Bertz CT molecular complexity index is 380. The number of rotatable bonds is 6. The van der Waals surface area contributed by atoms with E-state index in [1.165, 1.54) is 0 Å². The van der Waals surface area contributed by atoms with Gasteiger partial charge in [-0.25, -0.2) is 4.18 Å². The van der Waals surface area contributed by atoms with E-state index in [2.05, 4.69) is 8.58 Å². The minimum absolute atomic E-state index is 0.226. The lowest BCUT2D eigenvalue weighted by atomic mass is 10.1. The first kappa shape index (κ1) is 18.0. The summed E-state index contributed by atoms with van der Waals surface area (Å²) in [7, 11) is -4.28. The number of alkyl halides is 3. The lowest BCUT2D eigenvalue weighted by Gasteiger charge is -2.11. The highest BCUT2D eigenvalue weighted by Gasteiger charge is 2.24. The van der Waals surface area contributed by atoms with E-state index in [0.29, 0.717) is 0 Å². The van der Waals surface area contributed by atoms with Gasteiger partial charge < -0.3 is 10.5 Å². The molecule has 0 unspecified atom stereocenters. The lowest BCUT2D eigenvalue weighted by Crippen LogP contribution is -2.23. The predicted molar refractivity (Wildman–Crippen MR) is 72.2 cm³/mol. The van der Waals surface area contributed by atoms with E-state index in [1.54, 1.807) is 0 Å². The fourth-order valence-corrected chi connectivity index (χ4v) is 1.66. The number of nitrogens with zero attached hydrogens (tertiary/aromatic N) is 1. The third-order valence-electron chi connectivity index (χ3n) is 1.79. The number of nitrogens with two attached hydrogens (primary N) is 1. The minimum atomic E-state index is -4.28. The summed E-state index contributed by atoms with van der Waals surface area (Å²) in [6.07, 6.45) is 0.865. The smallest absolute Gasteiger partial charge is 0.385 e. The highest BCUT2D eigenvalue weighted by atomic mass is 35.6. The average Bonchev–Trinajstić information content (AvgIpc) is 2.22. The van der Waals surface area contributed by atoms with E-state index in [0.717, 1.165) is 6.42 Å². The maximum absolute atomic E-state index is 11.3. The molecule has 0 bridgehead atoms. The molecule has 0 aromatic carbocycles. The molecule has 0 radical (unpaired) electrons. The van der Waals surface area contributed by atoms with Crippen molar-refractivity contribution in [3.63, 3.8) is 0 Å². The molecule has 0 heterocycles. The second-order valence-electron chi connectivity index (χ2n) is 3.56. The first-order valence-corrected chi connectivity index (χ1v) is 7.50. The van der Waals surface area contributed by atoms with Crippen LogP contribution in [0.1, 0.15) is 20.3 Å². The zero-order valence-electron chi connectivity index (χ0n) is 9.90. The van der Waals surface area contributed by atoms with Crippen LogP contribution < -0.4 is 5.73 Å². The fraction of sp³-hybridized carbons (Fsp3) is 0.875. The topological polar surface area (TPSA) is 91.0 Å². The van der Waals surface area contributed by atoms with Gasteiger partial charge in [0.1, 0.15) is 6.61 Å². The van der Waals surface area contributed by atoms with Crippen LogP contribution in [0.5, 0.6) is 0 Å². The third kappa shape index (κ3) is 10.0. The van der Waals surface area contributed by atoms with Gasteiger partial charge in [-0.05, 0) is 5.92 Å². The van der Waals surface area contributed by atoms with Gasteiger partial charge >= 0.3 is 10.3 Å². The van der Waals surface area contributed by atoms with Crippen molar-refractivity contribution in [1.82, 2.24) is 0 Å². The molecule has 0 saturated carbocycles. The summed E-state index contributed by atoms with van der Waals surface area (Å²) in [6, 6.07) is -0.514. The largest absolute Gasteiger partial charge is 0.464 e. The Morgan fingerprint density at radius 2 is 2.00 bits per heavy atom. The standard InChI is InChI=1S/C8H15Cl3N2O4S/c1-3-6(2)4-16-7(12)13-18(14,15)17-5-8(9,10)11/h6H,3-5H2,1-2H3,(H2,12,13)/t6-/m0/s1. The number of hydrogen-bond acceptors (Lipinski definition) is 4. The van der Waals surface area contributed by atoms with E-state index in [1.807, 2.05) is 13.8 Å². The molecule has 0 amide bonds. The summed E-state index contributed by atoms with van der Waals surface area (Å²) in [5.74, 6) is 0.226. The third-order valence-corrected chi connectivity index (χ3v) is 2.93. The van der Waals surface area contributed by atoms with Crippen LogP contribution in [-0.4, -0.2) is 31.4 Å². The second kappa shape index (κ2) is 7.59. The van der Waals surface area contributed by atoms with Gasteiger partial charge in [-0.1, -0.05) is 59.5 Å². The van der Waals surface area contributed by atoms with E-state index in [4.69, 9.17) is 45.3 Å². The van der Waals surface area contributed by atoms with Gasteiger partial charge in [0, 0.05) is 0 Å². The van der Waals surface area contributed by atoms with E-state index < -0.39 is 26.7 Å². The van der Waals surface area contributed by atoms with Crippen molar-refractivity contribution >= 4 is 51.1 Å². The maximum Gasteiger partial charge on any atom is 0.385 e. The fourth-order valence-electron chi connectivity index (χ4n) is 0.650. The first-order valence-electron chi connectivity index (χ1n) is 5.00. The summed E-state index contributed by atoms with van der Waals surface area (Å²) >= 11 is 16.0. The molecule has 0 aliphatic carbocycles. The Morgan fingerprint density at radius 1 is 1.44 bits per heavy atom. The Kier molecular flexibility index (Phi) is 7.61. The van der Waals surface area contributed by atoms with Gasteiger partial charge in [0.05, 0.1) is 6.61 Å². The Balaban J connectivity index is 4.36. The molecule has 0 aromatic rings. The van der Waals surface area contributed by atoms with Crippen LogP contribution in [0, 0.1) is 5.92 Å². The van der Waals surface area contributed by atoms with Gasteiger partial charge in [0.15, 0.2) is 0 Å². The SMILES string of the molecule is CC[C@H](C)CO/C(N)=N/S(=O)(=O)OCC(Cl)(Cl)Cl. The molecule has 0 aromatic heterocycles. The van der Waals surface area contributed by atoms with E-state index in [9.17, 15) is 8.42 Å². The highest BCUT2D eigenvalue weighted by molar-refractivity contribution is 7.85. The molecule has 10 heteroatoms. The molecule has 0 aliphatic heterocycles. The van der Waals surface area contributed by atoms with Crippen molar-refractivity contribution < 1.29 is 17.3 Å². The Hall–Kier alpha value is 0.0500. The molecule has 0 rings (SSSR count). The van der Waals surface area contributed by atoms with Gasteiger partial charge in [0.2, 0.25) is 3.79 Å². The zero-order valence-corrected chi connectivity index (χ0v) is 13.0. The number of ether oxygens (including phenoxy) is 1. The quantitative estimate of drug-likeness (QED) is 0.453. The van der Waals surface area contributed by atoms with Gasteiger partial charge in [-0.15, -0.1) is 0 Å². The molecule has 0 aliphatic rings. The van der Waals surface area contributed by atoms with Crippen molar-refractivity contribution in [1.29, 1.82) is 0 Å². The average molecular weight is 342 g/mol. The predicted octanol–water partition coefficient (Wildman–Crippen LogP) is 2.00. The molecule has 0 saturated heterocycles. The van der Waals surface area contributed by atoms with Crippen LogP contribution >= 0.6 is 34.8 Å². The maximum atomic E-state index is 11.3. The molecule has 6 nitrogen and oxygen atoms in total. The zero-order chi connectivity index (χ0) is 14.4. The van der Waals surface area contributed by atoms with Crippen LogP contribution in [0.4, 0.5) is 0 Å². The van der Waals surface area contributed by atoms with Gasteiger partial charge in [-0.3, -0.25) is 0 Å². The molecular weight excluding hydrogens is 327 g/mol. The Labute approximate surface area is 122 Å². The molecular formula is C8H15Cl3N2O4S. The van der Waals surface area contributed by atoms with Crippen LogP contribution in [0.3, 0.4) is 0 Å². The normalized spacial score (nSPS) is 15.5. The number of hydrogen-bond donors (Lipinski definition) is 1. The molecule has 0 fully saturated rings. The van der Waals surface area contributed by atoms with Gasteiger partial charge in [-0.2, -0.15) is 8.42 Å². The Morgan fingerprint density at radius 3 is 2.44 bits per heavy atom. The van der Waals surface area contributed by atoms with Crippen molar-refractivity contribution in [2.45, 2.75) is 24.1 Å². The summed E-state index contributed by atoms with van der Waals surface area (Å²) in [5, 5.41) is 0.